The van der Waals surface area contributed by atoms with Crippen molar-refractivity contribution in [2.24, 2.45) is 0 Å². The van der Waals surface area contributed by atoms with Gasteiger partial charge in [-0.1, -0.05) is 57.9 Å². The Morgan fingerprint density at radius 3 is 2.11 bits per heavy atom. The molecule has 0 fully saturated rings. The number of carbonyl (C=O) groups is 2. The van der Waals surface area contributed by atoms with Gasteiger partial charge in [-0.3, -0.25) is 0 Å². The normalized spacial score (nSPS) is 10.4. The Balaban J connectivity index is 0.000000433. The first kappa shape index (κ1) is 22.7. The zero-order chi connectivity index (χ0) is 20.6. The minimum Gasteiger partial charge on any atom is -0.478 e. The molecule has 2 aromatic rings. The molecule has 0 aromatic heterocycles. The maximum atomic E-state index is 11.8. The van der Waals surface area contributed by atoms with Crippen molar-refractivity contribution in [3.63, 3.8) is 0 Å². The van der Waals surface area contributed by atoms with Crippen molar-refractivity contribution in [1.82, 2.24) is 4.90 Å². The van der Waals surface area contributed by atoms with Crippen LogP contribution in [-0.4, -0.2) is 34.7 Å². The number of halogens is 1. The number of carboxylic acids is 1. The van der Waals surface area contributed by atoms with Crippen LogP contribution in [0.1, 0.15) is 42.3 Å². The fraction of sp³-hybridized carbons (Fsp3) is 0.333. The van der Waals surface area contributed by atoms with E-state index in [-0.39, 0.29) is 5.56 Å². The maximum Gasteiger partial charge on any atom is 0.410 e. The van der Waals surface area contributed by atoms with E-state index in [1.807, 2.05) is 18.2 Å². The van der Waals surface area contributed by atoms with Crippen molar-refractivity contribution in [3.05, 3.63) is 69.7 Å². The van der Waals surface area contributed by atoms with Crippen LogP contribution in [0, 0.1) is 6.92 Å². The summed E-state index contributed by atoms with van der Waals surface area (Å²) in [4.78, 5) is 24.1. The second kappa shape index (κ2) is 10.1. The van der Waals surface area contributed by atoms with E-state index in [0.29, 0.717) is 11.0 Å². The zero-order valence-electron chi connectivity index (χ0n) is 16.3. The fourth-order valence-electron chi connectivity index (χ4n) is 2.00. The van der Waals surface area contributed by atoms with Crippen LogP contribution in [0.3, 0.4) is 0 Å². The summed E-state index contributed by atoms with van der Waals surface area (Å²) in [6.07, 6.45) is -0.424. The molecule has 0 aliphatic rings. The van der Waals surface area contributed by atoms with Gasteiger partial charge < -0.3 is 14.7 Å². The summed E-state index contributed by atoms with van der Waals surface area (Å²) in [6.45, 7) is 7.82. The standard InChI is InChI=1S/C14H18BrNO4.C7H8/c1-14(2,3)20-13(19)16(4)8-10-6-5-9(12(17)18)7-11(10)15;1-7-5-3-2-4-6-7/h5-7H,8H2,1-4H3,(H,17,18);2-6H,1H3. The maximum absolute atomic E-state index is 11.8. The van der Waals surface area contributed by atoms with E-state index in [1.54, 1.807) is 33.9 Å². The number of aromatic carboxylic acids is 1. The Kier molecular flexibility index (Phi) is 8.50. The molecule has 0 radical (unpaired) electrons. The Labute approximate surface area is 169 Å². The molecule has 0 atom stereocenters. The minimum absolute atomic E-state index is 0.195. The van der Waals surface area contributed by atoms with Crippen LogP contribution in [0.25, 0.3) is 0 Å². The van der Waals surface area contributed by atoms with Crippen LogP contribution in [0.2, 0.25) is 0 Å². The van der Waals surface area contributed by atoms with Gasteiger partial charge in [0.2, 0.25) is 0 Å². The average molecular weight is 436 g/mol. The zero-order valence-corrected chi connectivity index (χ0v) is 17.9. The molecule has 0 unspecified atom stereocenters. The number of ether oxygens (including phenoxy) is 1. The van der Waals surface area contributed by atoms with Crippen LogP contribution >= 0.6 is 15.9 Å². The number of aryl methyl sites for hydroxylation is 1. The van der Waals surface area contributed by atoms with Gasteiger partial charge in [0.15, 0.2) is 0 Å². The summed E-state index contributed by atoms with van der Waals surface area (Å²) in [5.74, 6) is -0.988. The van der Waals surface area contributed by atoms with E-state index in [1.165, 1.54) is 22.6 Å². The summed E-state index contributed by atoms with van der Waals surface area (Å²) in [7, 11) is 1.63. The van der Waals surface area contributed by atoms with Gasteiger partial charge in [0.05, 0.1) is 5.56 Å². The van der Waals surface area contributed by atoms with E-state index >= 15 is 0 Å². The Morgan fingerprint density at radius 2 is 1.70 bits per heavy atom. The first-order valence-electron chi connectivity index (χ1n) is 8.47. The second-order valence-corrected chi connectivity index (χ2v) is 7.96. The molecule has 0 aliphatic carbocycles. The summed E-state index contributed by atoms with van der Waals surface area (Å²) in [5, 5.41) is 8.89. The molecule has 0 saturated heterocycles. The number of benzene rings is 2. The van der Waals surface area contributed by atoms with Crippen molar-refractivity contribution < 1.29 is 19.4 Å². The van der Waals surface area contributed by atoms with Gasteiger partial charge in [-0.2, -0.15) is 0 Å². The summed E-state index contributed by atoms with van der Waals surface area (Å²) >= 11 is 3.31. The van der Waals surface area contributed by atoms with Gasteiger partial charge in [0.1, 0.15) is 5.60 Å². The van der Waals surface area contributed by atoms with Crippen LogP contribution in [0.5, 0.6) is 0 Å². The summed E-state index contributed by atoms with van der Waals surface area (Å²) < 4.78 is 5.90. The largest absolute Gasteiger partial charge is 0.478 e. The molecule has 2 rings (SSSR count). The molecule has 5 nitrogen and oxygen atoms in total. The molecule has 27 heavy (non-hydrogen) atoms. The van der Waals surface area contributed by atoms with Gasteiger partial charge in [0.25, 0.3) is 0 Å². The molecule has 0 aliphatic heterocycles. The predicted octanol–water partition coefficient (Wildman–Crippen LogP) is 5.51. The van der Waals surface area contributed by atoms with Crippen molar-refractivity contribution >= 4 is 28.0 Å². The number of amides is 1. The topological polar surface area (TPSA) is 66.8 Å². The Hall–Kier alpha value is -2.34. The van der Waals surface area contributed by atoms with Gasteiger partial charge in [0, 0.05) is 18.1 Å². The molecule has 1 N–H and O–H groups in total. The van der Waals surface area contributed by atoms with E-state index in [4.69, 9.17) is 9.84 Å². The monoisotopic (exact) mass is 435 g/mol. The van der Waals surface area contributed by atoms with Gasteiger partial charge in [-0.05, 0) is 45.4 Å². The molecule has 0 spiro atoms. The third-order valence-electron chi connectivity index (χ3n) is 3.35. The van der Waals surface area contributed by atoms with Crippen LogP contribution < -0.4 is 0 Å². The van der Waals surface area contributed by atoms with E-state index in [9.17, 15) is 9.59 Å². The molecule has 2 aromatic carbocycles. The fourth-order valence-corrected chi connectivity index (χ4v) is 2.51. The summed E-state index contributed by atoms with van der Waals surface area (Å²) in [6, 6.07) is 15.0. The number of rotatable bonds is 3. The van der Waals surface area contributed by atoms with Crippen LogP contribution in [0.15, 0.2) is 53.0 Å². The van der Waals surface area contributed by atoms with Crippen molar-refractivity contribution in [2.45, 2.75) is 39.8 Å². The quantitative estimate of drug-likeness (QED) is 0.689. The number of hydrogen-bond acceptors (Lipinski definition) is 3. The first-order valence-corrected chi connectivity index (χ1v) is 9.26. The highest BCUT2D eigenvalue weighted by molar-refractivity contribution is 9.10. The molecule has 0 heterocycles. The summed E-state index contributed by atoms with van der Waals surface area (Å²) in [5.41, 5.74) is 1.78. The van der Waals surface area contributed by atoms with Crippen LogP contribution in [-0.2, 0) is 11.3 Å². The number of hydrogen-bond donors (Lipinski definition) is 1. The van der Waals surface area contributed by atoms with Crippen molar-refractivity contribution in [2.75, 3.05) is 7.05 Å². The molecule has 146 valence electrons. The van der Waals surface area contributed by atoms with Crippen LogP contribution in [0.4, 0.5) is 4.79 Å². The molecule has 0 bridgehead atoms. The van der Waals surface area contributed by atoms with E-state index in [0.717, 1.165) is 5.56 Å². The van der Waals surface area contributed by atoms with Gasteiger partial charge in [-0.25, -0.2) is 9.59 Å². The highest BCUT2D eigenvalue weighted by Crippen LogP contribution is 2.21. The smallest absolute Gasteiger partial charge is 0.410 e. The first-order chi connectivity index (χ1) is 12.5. The van der Waals surface area contributed by atoms with Crippen molar-refractivity contribution in [1.29, 1.82) is 0 Å². The highest BCUT2D eigenvalue weighted by atomic mass is 79.9. The minimum atomic E-state index is -0.988. The molecular weight excluding hydrogens is 410 g/mol. The Bertz CT molecular complexity index is 769. The molecular formula is C21H26BrNO4. The molecule has 1 amide bonds. The lowest BCUT2D eigenvalue weighted by Crippen LogP contribution is -2.33. The number of carboxylic acid groups (broad SMARTS) is 1. The highest BCUT2D eigenvalue weighted by Gasteiger charge is 2.20. The molecule has 0 saturated carbocycles. The second-order valence-electron chi connectivity index (χ2n) is 7.10. The SMILES string of the molecule is CN(Cc1ccc(C(=O)O)cc1Br)C(=O)OC(C)(C)C.Cc1ccccc1. The average Bonchev–Trinajstić information content (AvgIpc) is 2.56. The third-order valence-corrected chi connectivity index (χ3v) is 4.09. The third kappa shape index (κ3) is 8.73. The number of nitrogens with zero attached hydrogens (tertiary/aromatic N) is 1. The lowest BCUT2D eigenvalue weighted by molar-refractivity contribution is 0.0284. The molecule has 6 heteroatoms. The lowest BCUT2D eigenvalue weighted by atomic mass is 10.1. The van der Waals surface area contributed by atoms with E-state index < -0.39 is 17.7 Å². The van der Waals surface area contributed by atoms with Gasteiger partial charge in [-0.15, -0.1) is 0 Å². The van der Waals surface area contributed by atoms with Crippen molar-refractivity contribution in [3.8, 4) is 0 Å². The van der Waals surface area contributed by atoms with E-state index in [2.05, 4.69) is 35.0 Å². The number of carbonyl (C=O) groups excluding carboxylic acids is 1. The predicted molar refractivity (Wildman–Crippen MR) is 110 cm³/mol. The lowest BCUT2D eigenvalue weighted by Gasteiger charge is -2.25. The Morgan fingerprint density at radius 1 is 1.11 bits per heavy atom. The van der Waals surface area contributed by atoms with Gasteiger partial charge >= 0.3 is 12.1 Å².